The summed E-state index contributed by atoms with van der Waals surface area (Å²) in [4.78, 5) is 52.8. The van der Waals surface area contributed by atoms with Gasteiger partial charge in [-0.15, -0.1) is 0 Å². The van der Waals surface area contributed by atoms with Crippen molar-refractivity contribution in [1.29, 1.82) is 0 Å². The summed E-state index contributed by atoms with van der Waals surface area (Å²) in [6.45, 7) is 11.2. The number of nitrogens with two attached hydrogens (primary N) is 1. The lowest BCUT2D eigenvalue weighted by molar-refractivity contribution is -0.144. The minimum absolute atomic E-state index is 0.0601. The van der Waals surface area contributed by atoms with Gasteiger partial charge in [-0.2, -0.15) is 0 Å². The Bertz CT molecular complexity index is 757. The monoisotopic (exact) mass is 527 g/mol. The number of hydrogen-bond acceptors (Lipinski definition) is 8. The maximum Gasteiger partial charge on any atom is 0.410 e. The Balaban J connectivity index is 1.62. The number of ether oxygens (including phenoxy) is 3. The lowest BCUT2D eigenvalue weighted by Crippen LogP contribution is -2.48. The summed E-state index contributed by atoms with van der Waals surface area (Å²) < 4.78 is 16.5. The zero-order valence-corrected chi connectivity index (χ0v) is 22.8. The molecule has 3 N–H and O–H groups in total. The van der Waals surface area contributed by atoms with Crippen molar-refractivity contribution in [1.82, 2.24) is 20.0 Å². The fraction of sp³-hybridized carbons (Fsp3) is 0.840. The molecule has 0 spiro atoms. The molecular weight excluding hydrogens is 482 g/mol. The third-order valence-electron chi connectivity index (χ3n) is 6.30. The summed E-state index contributed by atoms with van der Waals surface area (Å²) >= 11 is 0. The van der Waals surface area contributed by atoms with Gasteiger partial charge < -0.3 is 35.1 Å². The Morgan fingerprint density at radius 3 is 2.16 bits per heavy atom. The molecule has 0 bridgehead atoms. The van der Waals surface area contributed by atoms with Crippen LogP contribution in [0.3, 0.4) is 0 Å². The van der Waals surface area contributed by atoms with E-state index in [9.17, 15) is 19.2 Å². The molecule has 37 heavy (non-hydrogen) atoms. The van der Waals surface area contributed by atoms with Gasteiger partial charge in [-0.3, -0.25) is 14.5 Å². The number of carbonyl (C=O) groups is 4. The second kappa shape index (κ2) is 15.0. The second-order valence-electron chi connectivity index (χ2n) is 10.6. The Morgan fingerprint density at radius 1 is 0.973 bits per heavy atom. The Kier molecular flexibility index (Phi) is 12.4. The van der Waals surface area contributed by atoms with E-state index >= 15 is 0 Å². The quantitative estimate of drug-likeness (QED) is 0.381. The molecule has 0 aromatic heterocycles. The Hall–Kier alpha value is -2.60. The third kappa shape index (κ3) is 12.0. The number of primary amides is 1. The van der Waals surface area contributed by atoms with E-state index < -0.39 is 17.5 Å². The predicted octanol–water partition coefficient (Wildman–Crippen LogP) is 1.17. The van der Waals surface area contributed by atoms with Crippen molar-refractivity contribution >= 4 is 24.0 Å². The summed E-state index contributed by atoms with van der Waals surface area (Å²) in [7, 11) is 0. The van der Waals surface area contributed by atoms with Gasteiger partial charge >= 0.3 is 18.1 Å². The van der Waals surface area contributed by atoms with Gasteiger partial charge in [0.15, 0.2) is 0 Å². The average Bonchev–Trinajstić information content (AvgIpc) is 2.82. The molecule has 2 fully saturated rings. The number of likely N-dealkylation sites (tertiary alicyclic amines) is 2. The normalized spacial score (nSPS) is 17.5. The SMILES string of the molecule is CCOC(=O)CN(CCNC(=O)N1CCC(OCC2CCN(C(=O)OC(C)(C)C)CC2)CC1)CC(N)=O. The lowest BCUT2D eigenvalue weighted by Gasteiger charge is -2.35. The van der Waals surface area contributed by atoms with Gasteiger partial charge in [-0.25, -0.2) is 9.59 Å². The molecule has 0 atom stereocenters. The highest BCUT2D eigenvalue weighted by atomic mass is 16.6. The van der Waals surface area contributed by atoms with Crippen LogP contribution < -0.4 is 11.1 Å². The van der Waals surface area contributed by atoms with Crippen LogP contribution in [0.4, 0.5) is 9.59 Å². The molecule has 12 heteroatoms. The minimum atomic E-state index is -0.550. The van der Waals surface area contributed by atoms with Crippen molar-refractivity contribution in [3.05, 3.63) is 0 Å². The number of rotatable bonds is 11. The molecule has 0 aromatic carbocycles. The number of hydrogen-bond donors (Lipinski definition) is 2. The largest absolute Gasteiger partial charge is 0.465 e. The highest BCUT2D eigenvalue weighted by Crippen LogP contribution is 2.22. The average molecular weight is 528 g/mol. The predicted molar refractivity (Wildman–Crippen MR) is 137 cm³/mol. The first-order valence-corrected chi connectivity index (χ1v) is 13.3. The van der Waals surface area contributed by atoms with Crippen molar-refractivity contribution in [3.63, 3.8) is 0 Å². The van der Waals surface area contributed by atoms with Crippen LogP contribution in [-0.2, 0) is 23.8 Å². The van der Waals surface area contributed by atoms with Crippen LogP contribution in [0.15, 0.2) is 0 Å². The van der Waals surface area contributed by atoms with Crippen LogP contribution in [0.1, 0.15) is 53.4 Å². The zero-order valence-electron chi connectivity index (χ0n) is 22.8. The number of nitrogens with zero attached hydrogens (tertiary/aromatic N) is 3. The fourth-order valence-corrected chi connectivity index (χ4v) is 4.36. The van der Waals surface area contributed by atoms with Crippen molar-refractivity contribution in [3.8, 4) is 0 Å². The van der Waals surface area contributed by atoms with Gasteiger partial charge in [0, 0.05) is 45.9 Å². The molecule has 212 valence electrons. The summed E-state index contributed by atoms with van der Waals surface area (Å²) in [5.74, 6) is -0.574. The zero-order chi connectivity index (χ0) is 27.4. The first kappa shape index (κ1) is 30.6. The van der Waals surface area contributed by atoms with E-state index in [-0.39, 0.29) is 44.5 Å². The van der Waals surface area contributed by atoms with E-state index in [1.165, 1.54) is 0 Å². The van der Waals surface area contributed by atoms with E-state index in [4.69, 9.17) is 19.9 Å². The number of piperidine rings is 2. The Labute approximate surface area is 220 Å². The van der Waals surface area contributed by atoms with E-state index in [0.29, 0.717) is 45.2 Å². The molecule has 2 saturated heterocycles. The molecule has 0 aromatic rings. The van der Waals surface area contributed by atoms with E-state index in [1.807, 2.05) is 20.8 Å². The maximum atomic E-state index is 12.5. The smallest absolute Gasteiger partial charge is 0.410 e. The number of nitrogens with one attached hydrogen (secondary N) is 1. The number of amides is 4. The van der Waals surface area contributed by atoms with Crippen molar-refractivity contribution < 1.29 is 33.4 Å². The standard InChI is InChI=1S/C25H45N5O7/c1-5-35-22(32)17-28(16-21(26)31)15-10-27-23(33)29-13-8-20(9-14-29)36-18-19-6-11-30(12-7-19)24(34)37-25(2,3)4/h19-20H,5-18H2,1-4H3,(H2,26,31)(H,27,33). The molecule has 2 heterocycles. The Morgan fingerprint density at radius 2 is 1.59 bits per heavy atom. The number of carbonyl (C=O) groups excluding carboxylic acids is 4. The van der Waals surface area contributed by atoms with Gasteiger partial charge in [0.1, 0.15) is 5.60 Å². The summed E-state index contributed by atoms with van der Waals surface area (Å²) in [6.07, 6.45) is 3.18. The molecule has 12 nitrogen and oxygen atoms in total. The van der Waals surface area contributed by atoms with E-state index in [1.54, 1.807) is 21.6 Å². The van der Waals surface area contributed by atoms with E-state index in [2.05, 4.69) is 5.32 Å². The van der Waals surface area contributed by atoms with Gasteiger partial charge in [0.2, 0.25) is 5.91 Å². The van der Waals surface area contributed by atoms with Crippen LogP contribution in [0, 0.1) is 5.92 Å². The van der Waals surface area contributed by atoms with Crippen LogP contribution >= 0.6 is 0 Å². The number of urea groups is 1. The van der Waals surface area contributed by atoms with Gasteiger partial charge in [0.25, 0.3) is 0 Å². The second-order valence-corrected chi connectivity index (χ2v) is 10.6. The van der Waals surface area contributed by atoms with Crippen LogP contribution in [0.25, 0.3) is 0 Å². The van der Waals surface area contributed by atoms with Gasteiger partial charge in [-0.05, 0) is 59.3 Å². The fourth-order valence-electron chi connectivity index (χ4n) is 4.36. The van der Waals surface area contributed by atoms with Crippen molar-refractivity contribution in [2.24, 2.45) is 11.7 Å². The molecule has 0 radical (unpaired) electrons. The summed E-state index contributed by atoms with van der Waals surface area (Å²) in [6, 6.07) is -0.178. The molecule has 4 amide bonds. The number of esters is 1. The van der Waals surface area contributed by atoms with Crippen molar-refractivity contribution in [2.75, 3.05) is 65.6 Å². The highest BCUT2D eigenvalue weighted by molar-refractivity contribution is 5.77. The minimum Gasteiger partial charge on any atom is -0.465 e. The topological polar surface area (TPSA) is 144 Å². The van der Waals surface area contributed by atoms with Crippen molar-refractivity contribution in [2.45, 2.75) is 65.1 Å². The molecule has 0 unspecified atom stereocenters. The highest BCUT2D eigenvalue weighted by Gasteiger charge is 2.28. The first-order valence-electron chi connectivity index (χ1n) is 13.3. The molecule has 2 aliphatic heterocycles. The molecule has 2 aliphatic rings. The first-order chi connectivity index (χ1) is 17.5. The third-order valence-corrected chi connectivity index (χ3v) is 6.30. The maximum absolute atomic E-state index is 12.5. The lowest BCUT2D eigenvalue weighted by atomic mass is 9.98. The molecule has 0 saturated carbocycles. The molecule has 0 aliphatic carbocycles. The summed E-state index contributed by atoms with van der Waals surface area (Å²) in [5, 5.41) is 2.84. The van der Waals surface area contributed by atoms with Crippen LogP contribution in [0.2, 0.25) is 0 Å². The molecule has 2 rings (SSSR count). The summed E-state index contributed by atoms with van der Waals surface area (Å²) in [5.41, 5.74) is 4.77. The molecular formula is C25H45N5O7. The van der Waals surface area contributed by atoms with Crippen LogP contribution in [-0.4, -0.2) is 116 Å². The van der Waals surface area contributed by atoms with Gasteiger partial charge in [-0.1, -0.05) is 0 Å². The van der Waals surface area contributed by atoms with E-state index in [0.717, 1.165) is 25.7 Å². The van der Waals surface area contributed by atoms with Gasteiger partial charge in [0.05, 0.1) is 25.8 Å². The van der Waals surface area contributed by atoms with Crippen LogP contribution in [0.5, 0.6) is 0 Å².